The second-order valence-electron chi connectivity index (χ2n) is 10.8. The van der Waals surface area contributed by atoms with Gasteiger partial charge < -0.3 is 19.5 Å². The zero-order chi connectivity index (χ0) is 31.1. The normalized spacial score (nSPS) is 15.8. The van der Waals surface area contributed by atoms with Crippen LogP contribution in [0.25, 0.3) is 10.9 Å². The van der Waals surface area contributed by atoms with Crippen LogP contribution in [-0.4, -0.2) is 36.5 Å². The van der Waals surface area contributed by atoms with Gasteiger partial charge in [-0.3, -0.25) is 0 Å². The van der Waals surface area contributed by atoms with Gasteiger partial charge >= 0.3 is 0 Å². The lowest BCUT2D eigenvalue weighted by Gasteiger charge is -2.30. The van der Waals surface area contributed by atoms with E-state index < -0.39 is 15.9 Å². The maximum Gasteiger partial charge on any atom is 0.215 e. The van der Waals surface area contributed by atoms with E-state index >= 15 is 0 Å². The van der Waals surface area contributed by atoms with Gasteiger partial charge in [-0.05, 0) is 78.4 Å². The van der Waals surface area contributed by atoms with E-state index in [-0.39, 0.29) is 24.9 Å². The van der Waals surface area contributed by atoms with Gasteiger partial charge in [0.25, 0.3) is 0 Å². The third-order valence-corrected chi connectivity index (χ3v) is 8.76. The summed E-state index contributed by atoms with van der Waals surface area (Å²) in [5.74, 6) is 0.665. The molecule has 0 spiro atoms. The summed E-state index contributed by atoms with van der Waals surface area (Å²) in [5, 5.41) is 4.56. The molecule has 0 bridgehead atoms. The Hall–Kier alpha value is -3.99. The van der Waals surface area contributed by atoms with Crippen molar-refractivity contribution in [1.29, 1.82) is 0 Å². The molecule has 0 saturated heterocycles. The smallest absolute Gasteiger partial charge is 0.215 e. The van der Waals surface area contributed by atoms with Crippen molar-refractivity contribution in [3.8, 4) is 5.75 Å². The molecule has 2 heterocycles. The molecule has 5 rings (SSSR count). The molecule has 11 heteroatoms. The number of anilines is 2. The Morgan fingerprint density at radius 1 is 1.14 bits per heavy atom. The molecule has 0 amide bonds. The predicted molar refractivity (Wildman–Crippen MR) is 170 cm³/mol. The van der Waals surface area contributed by atoms with Gasteiger partial charge in [0.15, 0.2) is 0 Å². The van der Waals surface area contributed by atoms with Crippen LogP contribution in [-0.2, 0) is 32.0 Å². The molecule has 0 fully saturated rings. The second kappa shape index (κ2) is 14.2. The highest BCUT2D eigenvalue weighted by atomic mass is 35.5. The highest BCUT2D eigenvalue weighted by molar-refractivity contribution is 7.73. The standard InChI is InChI=1S/C33H33ClFN3O5S/c1-22(2)31(44(39)40)20-41-14-4-12-33(13-5-15-43-33)24-8-10-29-27(17-24)32(37-21-36-29)38-26-9-11-30(28(34)18-26)42-19-23-6-3-7-25(35)16-23/h3,5-11,15-18,21-22H,4,12-14,19-20H2,1-2H3,(H,36,37,38). The first-order valence-electron chi connectivity index (χ1n) is 14.3. The van der Waals surface area contributed by atoms with E-state index in [1.165, 1.54) is 18.5 Å². The molecule has 0 saturated carbocycles. The van der Waals surface area contributed by atoms with Crippen LogP contribution >= 0.6 is 11.6 Å². The van der Waals surface area contributed by atoms with Crippen molar-refractivity contribution in [1.82, 2.24) is 9.97 Å². The molecule has 3 aromatic carbocycles. The highest BCUT2D eigenvalue weighted by Gasteiger charge is 2.35. The van der Waals surface area contributed by atoms with Crippen molar-refractivity contribution >= 4 is 49.2 Å². The summed E-state index contributed by atoms with van der Waals surface area (Å²) in [4.78, 5) is 9.30. The van der Waals surface area contributed by atoms with E-state index in [0.29, 0.717) is 58.6 Å². The van der Waals surface area contributed by atoms with Crippen LogP contribution in [0.1, 0.15) is 44.2 Å². The lowest BCUT2D eigenvalue weighted by molar-refractivity contribution is 0.0223. The van der Waals surface area contributed by atoms with Gasteiger partial charge in [0.2, 0.25) is 10.3 Å². The lowest BCUT2D eigenvalue weighted by Crippen LogP contribution is -2.26. The van der Waals surface area contributed by atoms with Gasteiger partial charge in [-0.15, -0.1) is 0 Å². The Labute approximate surface area is 262 Å². The summed E-state index contributed by atoms with van der Waals surface area (Å²) in [7, 11) is -2.26. The zero-order valence-electron chi connectivity index (χ0n) is 24.4. The Morgan fingerprint density at radius 2 is 2.00 bits per heavy atom. The van der Waals surface area contributed by atoms with Gasteiger partial charge in [-0.2, -0.15) is 8.42 Å². The summed E-state index contributed by atoms with van der Waals surface area (Å²) in [6.45, 7) is 4.36. The quantitative estimate of drug-likeness (QED) is 0.120. The van der Waals surface area contributed by atoms with Crippen LogP contribution in [0.3, 0.4) is 0 Å². The molecule has 4 aromatic rings. The SMILES string of the molecule is CC(C)C(COCCCC1(c2ccc3ncnc(Nc4ccc(OCc5cccc(F)c5)c(Cl)c4)c3c2)CC=CO1)=S(=O)=O. The molecule has 1 unspecified atom stereocenters. The summed E-state index contributed by atoms with van der Waals surface area (Å²) in [6.07, 6.45) is 7.26. The lowest BCUT2D eigenvalue weighted by atomic mass is 9.86. The van der Waals surface area contributed by atoms with E-state index in [4.69, 9.17) is 25.8 Å². The monoisotopic (exact) mass is 637 g/mol. The van der Waals surface area contributed by atoms with E-state index in [1.54, 1.807) is 30.5 Å². The van der Waals surface area contributed by atoms with Crippen LogP contribution in [0.5, 0.6) is 5.75 Å². The fourth-order valence-corrected chi connectivity index (χ4v) is 5.86. The molecular weight excluding hydrogens is 605 g/mol. The molecule has 44 heavy (non-hydrogen) atoms. The van der Waals surface area contributed by atoms with Crippen LogP contribution < -0.4 is 10.1 Å². The third-order valence-electron chi connectivity index (χ3n) is 7.45. The van der Waals surface area contributed by atoms with E-state index in [0.717, 1.165) is 16.5 Å². The fourth-order valence-electron chi connectivity index (χ4n) is 5.06. The zero-order valence-corrected chi connectivity index (χ0v) is 26.0. The Kier molecular flexibility index (Phi) is 10.1. The van der Waals surface area contributed by atoms with Crippen molar-refractivity contribution in [2.24, 2.45) is 5.92 Å². The Bertz CT molecular complexity index is 1800. The summed E-state index contributed by atoms with van der Waals surface area (Å²) >= 11 is 6.52. The number of benzene rings is 3. The van der Waals surface area contributed by atoms with Crippen molar-refractivity contribution in [2.45, 2.75) is 45.3 Å². The number of halogens is 2. The third kappa shape index (κ3) is 7.56. The van der Waals surface area contributed by atoms with Gasteiger partial charge in [-0.1, -0.05) is 43.6 Å². The molecule has 0 radical (unpaired) electrons. The predicted octanol–water partition coefficient (Wildman–Crippen LogP) is 7.38. The summed E-state index contributed by atoms with van der Waals surface area (Å²) in [6, 6.07) is 17.6. The van der Waals surface area contributed by atoms with Gasteiger partial charge in [0.05, 0.1) is 28.3 Å². The average molecular weight is 638 g/mol. The van der Waals surface area contributed by atoms with Crippen LogP contribution in [0, 0.1) is 11.7 Å². The van der Waals surface area contributed by atoms with E-state index in [9.17, 15) is 12.8 Å². The van der Waals surface area contributed by atoms with Gasteiger partial charge in [0, 0.05) is 24.1 Å². The second-order valence-corrected chi connectivity index (χ2v) is 12.2. The first kappa shape index (κ1) is 31.4. The first-order chi connectivity index (χ1) is 21.2. The van der Waals surface area contributed by atoms with Crippen LogP contribution in [0.15, 0.2) is 79.3 Å². The number of nitrogens with one attached hydrogen (secondary N) is 1. The molecule has 0 aliphatic carbocycles. The number of hydrogen-bond donors (Lipinski definition) is 1. The van der Waals surface area contributed by atoms with Crippen molar-refractivity contribution < 1.29 is 27.0 Å². The number of hydrogen-bond acceptors (Lipinski definition) is 8. The molecule has 230 valence electrons. The van der Waals surface area contributed by atoms with Crippen molar-refractivity contribution in [3.05, 3.63) is 101 Å². The average Bonchev–Trinajstić information content (AvgIpc) is 3.48. The molecule has 1 aliphatic rings. The minimum absolute atomic E-state index is 0.0896. The van der Waals surface area contributed by atoms with Gasteiger partial charge in [0.1, 0.15) is 35.9 Å². The fraction of sp³-hybridized carbons (Fsp3) is 0.303. The van der Waals surface area contributed by atoms with Gasteiger partial charge in [-0.25, -0.2) is 14.4 Å². The minimum Gasteiger partial charge on any atom is -0.490 e. The van der Waals surface area contributed by atoms with Crippen molar-refractivity contribution in [2.75, 3.05) is 18.5 Å². The Balaban J connectivity index is 1.29. The number of nitrogens with zero attached hydrogens (tertiary/aromatic N) is 2. The highest BCUT2D eigenvalue weighted by Crippen LogP contribution is 2.41. The summed E-state index contributed by atoms with van der Waals surface area (Å²) in [5.41, 5.74) is 2.57. The number of fused-ring (bicyclic) bond motifs is 1. The van der Waals surface area contributed by atoms with Crippen LogP contribution in [0.4, 0.5) is 15.9 Å². The maximum absolute atomic E-state index is 13.5. The topological polar surface area (TPSA) is 99.6 Å². The maximum atomic E-state index is 13.5. The molecular formula is C33H33ClFN3O5S. The molecule has 8 nitrogen and oxygen atoms in total. The van der Waals surface area contributed by atoms with Crippen LogP contribution in [0.2, 0.25) is 5.02 Å². The number of ether oxygens (including phenoxy) is 3. The number of rotatable bonds is 13. The molecule has 1 aromatic heterocycles. The number of aromatic nitrogens is 2. The summed E-state index contributed by atoms with van der Waals surface area (Å²) < 4.78 is 54.0. The minimum atomic E-state index is -2.26. The Morgan fingerprint density at radius 3 is 2.73 bits per heavy atom. The largest absolute Gasteiger partial charge is 0.490 e. The molecule has 1 atom stereocenters. The van der Waals surface area contributed by atoms with E-state index in [2.05, 4.69) is 15.3 Å². The van der Waals surface area contributed by atoms with Crippen molar-refractivity contribution in [3.63, 3.8) is 0 Å². The van der Waals surface area contributed by atoms with E-state index in [1.807, 2.05) is 44.2 Å². The first-order valence-corrected chi connectivity index (χ1v) is 15.7. The molecule has 1 aliphatic heterocycles. The molecule has 1 N–H and O–H groups in total.